The van der Waals surface area contributed by atoms with Crippen molar-refractivity contribution in [2.45, 2.75) is 38.1 Å². The van der Waals surface area contributed by atoms with Crippen LogP contribution in [0.5, 0.6) is 0 Å². The molecule has 0 amide bonds. The maximum absolute atomic E-state index is 6.48. The lowest BCUT2D eigenvalue weighted by atomic mass is 9.73. The molecule has 1 aromatic carbocycles. The second-order valence-electron chi connectivity index (χ2n) is 4.87. The number of nitrogens with two attached hydrogens (primary N) is 1. The Morgan fingerprint density at radius 2 is 2.27 bits per heavy atom. The third-order valence-electron chi connectivity index (χ3n) is 3.43. The first-order valence-corrected chi connectivity index (χ1v) is 6.03. The molecule has 0 radical (unpaired) electrons. The Labute approximate surface area is 96.6 Å². The molecule has 1 aromatic rings. The highest BCUT2D eigenvalue weighted by atomic mass is 35.5. The molecule has 2 rings (SSSR count). The van der Waals surface area contributed by atoms with Crippen molar-refractivity contribution in [2.75, 3.05) is 0 Å². The predicted octanol–water partition coefficient (Wildman–Crippen LogP) is 3.70. The quantitative estimate of drug-likeness (QED) is 0.772. The minimum absolute atomic E-state index is 0.150. The molecule has 2 heteroatoms. The summed E-state index contributed by atoms with van der Waals surface area (Å²) in [6, 6.07) is 8.01. The standard InChI is InChI=1S/C13H18ClN/c1-10-4-3-7-13(15,9-10)11-5-2-6-12(14)8-11/h2,5-6,8,10H,3-4,7,9,15H2,1H3. The van der Waals surface area contributed by atoms with Crippen LogP contribution < -0.4 is 5.73 Å². The van der Waals surface area contributed by atoms with Crippen molar-refractivity contribution >= 4 is 11.6 Å². The van der Waals surface area contributed by atoms with Gasteiger partial charge < -0.3 is 5.73 Å². The highest BCUT2D eigenvalue weighted by Crippen LogP contribution is 2.38. The number of hydrogen-bond acceptors (Lipinski definition) is 1. The van der Waals surface area contributed by atoms with Crippen molar-refractivity contribution in [1.29, 1.82) is 0 Å². The number of rotatable bonds is 1. The van der Waals surface area contributed by atoms with Crippen molar-refractivity contribution in [3.05, 3.63) is 34.9 Å². The summed E-state index contributed by atoms with van der Waals surface area (Å²) >= 11 is 6.01. The zero-order valence-electron chi connectivity index (χ0n) is 9.17. The van der Waals surface area contributed by atoms with Crippen molar-refractivity contribution in [3.63, 3.8) is 0 Å². The molecule has 2 atom stereocenters. The Balaban J connectivity index is 2.28. The van der Waals surface area contributed by atoms with Crippen LogP contribution in [0.15, 0.2) is 24.3 Å². The first kappa shape index (κ1) is 11.0. The number of halogens is 1. The lowest BCUT2D eigenvalue weighted by Gasteiger charge is -2.37. The molecule has 0 spiro atoms. The maximum atomic E-state index is 6.48. The van der Waals surface area contributed by atoms with Gasteiger partial charge in [0, 0.05) is 10.6 Å². The minimum Gasteiger partial charge on any atom is -0.321 e. The van der Waals surface area contributed by atoms with Crippen LogP contribution in [0.25, 0.3) is 0 Å². The minimum atomic E-state index is -0.150. The fourth-order valence-corrected chi connectivity index (χ4v) is 2.84. The van der Waals surface area contributed by atoms with Gasteiger partial charge in [-0.05, 0) is 36.5 Å². The Bertz CT molecular complexity index is 350. The van der Waals surface area contributed by atoms with E-state index in [9.17, 15) is 0 Å². The Morgan fingerprint density at radius 1 is 1.47 bits per heavy atom. The van der Waals surface area contributed by atoms with E-state index in [1.807, 2.05) is 18.2 Å². The van der Waals surface area contributed by atoms with Gasteiger partial charge in [-0.15, -0.1) is 0 Å². The topological polar surface area (TPSA) is 26.0 Å². The van der Waals surface area contributed by atoms with E-state index in [-0.39, 0.29) is 5.54 Å². The number of benzene rings is 1. The Hall–Kier alpha value is -0.530. The molecule has 0 aromatic heterocycles. The van der Waals surface area contributed by atoms with E-state index >= 15 is 0 Å². The molecular formula is C13H18ClN. The molecule has 0 aliphatic heterocycles. The van der Waals surface area contributed by atoms with E-state index in [4.69, 9.17) is 17.3 Å². The lowest BCUT2D eigenvalue weighted by Crippen LogP contribution is -2.40. The van der Waals surface area contributed by atoms with Gasteiger partial charge in [0.25, 0.3) is 0 Å². The average Bonchev–Trinajstić information content (AvgIpc) is 2.17. The third-order valence-corrected chi connectivity index (χ3v) is 3.67. The summed E-state index contributed by atoms with van der Waals surface area (Å²) in [6.45, 7) is 2.28. The van der Waals surface area contributed by atoms with E-state index < -0.39 is 0 Å². The van der Waals surface area contributed by atoms with Gasteiger partial charge >= 0.3 is 0 Å². The molecule has 1 saturated carbocycles. The summed E-state index contributed by atoms with van der Waals surface area (Å²) in [5, 5.41) is 0.788. The van der Waals surface area contributed by atoms with Crippen LogP contribution in [0.1, 0.15) is 38.2 Å². The van der Waals surface area contributed by atoms with Gasteiger partial charge in [0.2, 0.25) is 0 Å². The summed E-state index contributed by atoms with van der Waals surface area (Å²) in [6.07, 6.45) is 4.69. The van der Waals surface area contributed by atoms with E-state index in [0.29, 0.717) is 0 Å². The van der Waals surface area contributed by atoms with E-state index in [0.717, 1.165) is 23.8 Å². The first-order valence-electron chi connectivity index (χ1n) is 5.65. The van der Waals surface area contributed by atoms with Crippen molar-refractivity contribution in [2.24, 2.45) is 11.7 Å². The van der Waals surface area contributed by atoms with Gasteiger partial charge in [0.1, 0.15) is 0 Å². The van der Waals surface area contributed by atoms with Crippen molar-refractivity contribution in [3.8, 4) is 0 Å². The maximum Gasteiger partial charge on any atom is 0.0412 e. The summed E-state index contributed by atoms with van der Waals surface area (Å²) in [5.41, 5.74) is 7.53. The molecule has 82 valence electrons. The second-order valence-corrected chi connectivity index (χ2v) is 5.30. The van der Waals surface area contributed by atoms with Gasteiger partial charge in [-0.1, -0.05) is 43.5 Å². The predicted molar refractivity (Wildman–Crippen MR) is 64.9 cm³/mol. The van der Waals surface area contributed by atoms with Crippen LogP contribution in [0, 0.1) is 5.92 Å². The SMILES string of the molecule is CC1CCCC(N)(c2cccc(Cl)c2)C1. The van der Waals surface area contributed by atoms with Crippen LogP contribution in [0.3, 0.4) is 0 Å². The molecule has 15 heavy (non-hydrogen) atoms. The average molecular weight is 224 g/mol. The van der Waals surface area contributed by atoms with Crippen LogP contribution in [0.4, 0.5) is 0 Å². The Morgan fingerprint density at radius 3 is 2.93 bits per heavy atom. The van der Waals surface area contributed by atoms with Gasteiger partial charge in [0.15, 0.2) is 0 Å². The molecule has 2 unspecified atom stereocenters. The zero-order chi connectivity index (χ0) is 10.9. The molecule has 2 N–H and O–H groups in total. The summed E-state index contributed by atoms with van der Waals surface area (Å²) < 4.78 is 0. The smallest absolute Gasteiger partial charge is 0.0412 e. The zero-order valence-corrected chi connectivity index (χ0v) is 9.93. The molecule has 1 nitrogen and oxygen atoms in total. The van der Waals surface area contributed by atoms with Crippen molar-refractivity contribution < 1.29 is 0 Å². The van der Waals surface area contributed by atoms with Crippen molar-refractivity contribution in [1.82, 2.24) is 0 Å². The number of hydrogen-bond donors (Lipinski definition) is 1. The molecule has 1 fully saturated rings. The summed E-state index contributed by atoms with van der Waals surface area (Å²) in [4.78, 5) is 0. The van der Waals surface area contributed by atoms with Gasteiger partial charge in [-0.3, -0.25) is 0 Å². The largest absolute Gasteiger partial charge is 0.321 e. The summed E-state index contributed by atoms with van der Waals surface area (Å²) in [5.74, 6) is 0.725. The summed E-state index contributed by atoms with van der Waals surface area (Å²) in [7, 11) is 0. The second kappa shape index (κ2) is 4.15. The van der Waals surface area contributed by atoms with Gasteiger partial charge in [-0.25, -0.2) is 0 Å². The lowest BCUT2D eigenvalue weighted by molar-refractivity contribution is 0.239. The highest BCUT2D eigenvalue weighted by molar-refractivity contribution is 6.30. The highest BCUT2D eigenvalue weighted by Gasteiger charge is 2.32. The molecular weight excluding hydrogens is 206 g/mol. The van der Waals surface area contributed by atoms with E-state index in [1.54, 1.807) is 0 Å². The fraction of sp³-hybridized carbons (Fsp3) is 0.538. The van der Waals surface area contributed by atoms with E-state index in [1.165, 1.54) is 18.4 Å². The van der Waals surface area contributed by atoms with Crippen LogP contribution in [0.2, 0.25) is 5.02 Å². The third kappa shape index (κ3) is 2.35. The van der Waals surface area contributed by atoms with Gasteiger partial charge in [-0.2, -0.15) is 0 Å². The fourth-order valence-electron chi connectivity index (χ4n) is 2.65. The van der Waals surface area contributed by atoms with Crippen LogP contribution in [-0.4, -0.2) is 0 Å². The Kier molecular flexibility index (Phi) is 3.03. The molecule has 0 bridgehead atoms. The molecule has 0 heterocycles. The first-order chi connectivity index (χ1) is 7.10. The molecule has 1 aliphatic rings. The van der Waals surface area contributed by atoms with Gasteiger partial charge in [0.05, 0.1) is 0 Å². The normalized spacial score (nSPS) is 31.5. The van der Waals surface area contributed by atoms with Crippen LogP contribution in [-0.2, 0) is 5.54 Å². The molecule has 0 saturated heterocycles. The monoisotopic (exact) mass is 223 g/mol. The molecule has 1 aliphatic carbocycles. The van der Waals surface area contributed by atoms with Crippen LogP contribution >= 0.6 is 11.6 Å². The van der Waals surface area contributed by atoms with E-state index in [2.05, 4.69) is 13.0 Å².